The van der Waals surface area contributed by atoms with Crippen LogP contribution in [0.3, 0.4) is 0 Å². The first-order valence-corrected chi connectivity index (χ1v) is 6.75. The Kier molecular flexibility index (Phi) is 3.64. The summed E-state index contributed by atoms with van der Waals surface area (Å²) < 4.78 is 7.50. The van der Waals surface area contributed by atoms with Crippen molar-refractivity contribution in [3.8, 4) is 5.88 Å². The number of fused-ring (bicyclic) bond motifs is 1. The molecule has 0 fully saturated rings. The molecule has 0 aliphatic carbocycles. The highest BCUT2D eigenvalue weighted by molar-refractivity contribution is 6.32. The molecular weight excluding hydrogens is 308 g/mol. The summed E-state index contributed by atoms with van der Waals surface area (Å²) in [5, 5.41) is 11.0. The minimum Gasteiger partial charge on any atom is -0.471 e. The normalized spacial score (nSPS) is 10.8. The summed E-state index contributed by atoms with van der Waals surface area (Å²) in [5.74, 6) is 0.385. The molecule has 2 aromatic heterocycles. The lowest BCUT2D eigenvalue weighted by Crippen LogP contribution is -1.99. The molecule has 2 heterocycles. The number of pyridine rings is 1. The van der Waals surface area contributed by atoms with Crippen molar-refractivity contribution in [2.45, 2.75) is 6.61 Å². The molecule has 0 N–H and O–H groups in total. The highest BCUT2D eigenvalue weighted by atomic mass is 35.5. The van der Waals surface area contributed by atoms with E-state index >= 15 is 0 Å². The van der Waals surface area contributed by atoms with Crippen LogP contribution in [0.4, 0.5) is 5.69 Å². The number of aromatic nitrogens is 3. The maximum absolute atomic E-state index is 10.9. The zero-order chi connectivity index (χ0) is 15.7. The average Bonchev–Trinajstić information content (AvgIpc) is 2.88. The fourth-order valence-electron chi connectivity index (χ4n) is 2.08. The Labute approximate surface area is 130 Å². The molecule has 1 aromatic carbocycles. The molecule has 0 aliphatic heterocycles. The van der Waals surface area contributed by atoms with Gasteiger partial charge in [0.1, 0.15) is 11.6 Å². The molecule has 0 radical (unpaired) electrons. The van der Waals surface area contributed by atoms with Crippen LogP contribution in [-0.2, 0) is 13.7 Å². The Balaban J connectivity index is 1.85. The quantitative estimate of drug-likeness (QED) is 0.545. The molecule has 8 heteroatoms. The van der Waals surface area contributed by atoms with E-state index < -0.39 is 4.92 Å². The molecule has 0 spiro atoms. The van der Waals surface area contributed by atoms with E-state index in [1.54, 1.807) is 18.6 Å². The van der Waals surface area contributed by atoms with Crippen LogP contribution >= 0.6 is 11.6 Å². The van der Waals surface area contributed by atoms with Crippen LogP contribution in [0.25, 0.3) is 11.0 Å². The van der Waals surface area contributed by atoms with Gasteiger partial charge >= 0.3 is 0 Å². The van der Waals surface area contributed by atoms with Gasteiger partial charge in [0.25, 0.3) is 5.69 Å². The van der Waals surface area contributed by atoms with Gasteiger partial charge in [0, 0.05) is 19.3 Å². The second kappa shape index (κ2) is 5.61. The number of imidazole rings is 1. The molecule has 0 bridgehead atoms. The van der Waals surface area contributed by atoms with E-state index in [-0.39, 0.29) is 17.3 Å². The van der Waals surface area contributed by atoms with Crippen LogP contribution in [0.1, 0.15) is 5.56 Å². The maximum atomic E-state index is 10.9. The Bertz CT molecular complexity index is 862. The molecule has 0 atom stereocenters. The van der Waals surface area contributed by atoms with Crippen molar-refractivity contribution in [3.05, 3.63) is 57.5 Å². The third-order valence-corrected chi connectivity index (χ3v) is 3.51. The number of hydrogen-bond donors (Lipinski definition) is 0. The van der Waals surface area contributed by atoms with E-state index in [1.165, 1.54) is 12.1 Å². The summed E-state index contributed by atoms with van der Waals surface area (Å²) in [6, 6.07) is 6.38. The smallest absolute Gasteiger partial charge is 0.288 e. The SMILES string of the molecule is Cn1cnc2c(OCc3ccc(Cl)c([N+](=O)[O-])c3)nccc21. The second-order valence-electron chi connectivity index (χ2n) is 4.67. The largest absolute Gasteiger partial charge is 0.471 e. The number of benzene rings is 1. The minimum atomic E-state index is -0.524. The highest BCUT2D eigenvalue weighted by Crippen LogP contribution is 2.26. The number of halogens is 1. The van der Waals surface area contributed by atoms with Gasteiger partial charge in [-0.2, -0.15) is 0 Å². The van der Waals surface area contributed by atoms with Crippen LogP contribution in [-0.4, -0.2) is 19.5 Å². The van der Waals surface area contributed by atoms with E-state index in [1.807, 2.05) is 17.7 Å². The molecular formula is C14H11ClN4O3. The fraction of sp³-hybridized carbons (Fsp3) is 0.143. The van der Waals surface area contributed by atoms with Crippen molar-refractivity contribution in [3.63, 3.8) is 0 Å². The lowest BCUT2D eigenvalue weighted by atomic mass is 10.2. The average molecular weight is 319 g/mol. The van der Waals surface area contributed by atoms with Crippen molar-refractivity contribution < 1.29 is 9.66 Å². The first kappa shape index (κ1) is 14.3. The van der Waals surface area contributed by atoms with Gasteiger partial charge in [-0.3, -0.25) is 10.1 Å². The molecule has 7 nitrogen and oxygen atoms in total. The van der Waals surface area contributed by atoms with Gasteiger partial charge in [-0.25, -0.2) is 9.97 Å². The number of aryl methyl sites for hydroxylation is 1. The third kappa shape index (κ3) is 2.58. The fourth-order valence-corrected chi connectivity index (χ4v) is 2.27. The lowest BCUT2D eigenvalue weighted by Gasteiger charge is -2.06. The van der Waals surface area contributed by atoms with E-state index in [0.29, 0.717) is 17.0 Å². The highest BCUT2D eigenvalue weighted by Gasteiger charge is 2.14. The van der Waals surface area contributed by atoms with Crippen LogP contribution in [0.2, 0.25) is 5.02 Å². The Morgan fingerprint density at radius 1 is 1.36 bits per heavy atom. The second-order valence-corrected chi connectivity index (χ2v) is 5.08. The topological polar surface area (TPSA) is 83.1 Å². The van der Waals surface area contributed by atoms with E-state index in [2.05, 4.69) is 9.97 Å². The molecule has 112 valence electrons. The molecule has 0 saturated heterocycles. The summed E-state index contributed by atoms with van der Waals surface area (Å²) >= 11 is 5.78. The monoisotopic (exact) mass is 318 g/mol. The molecule has 22 heavy (non-hydrogen) atoms. The van der Waals surface area contributed by atoms with Crippen LogP contribution in [0.15, 0.2) is 36.8 Å². The number of nitro benzene ring substituents is 1. The van der Waals surface area contributed by atoms with Gasteiger partial charge in [-0.15, -0.1) is 0 Å². The minimum absolute atomic E-state index is 0.0960. The van der Waals surface area contributed by atoms with Gasteiger partial charge in [0.2, 0.25) is 5.88 Å². The van der Waals surface area contributed by atoms with Crippen molar-refractivity contribution >= 4 is 28.3 Å². The number of ether oxygens (including phenoxy) is 1. The Hall–Kier alpha value is -2.67. The maximum Gasteiger partial charge on any atom is 0.288 e. The number of nitrogens with zero attached hydrogens (tertiary/aromatic N) is 4. The van der Waals surface area contributed by atoms with E-state index in [4.69, 9.17) is 16.3 Å². The molecule has 0 unspecified atom stereocenters. The molecule has 3 rings (SSSR count). The number of rotatable bonds is 4. The molecule has 3 aromatic rings. The standard InChI is InChI=1S/C14H11ClN4O3/c1-18-8-17-13-11(18)4-5-16-14(13)22-7-9-2-3-10(15)12(6-9)19(20)21/h2-6,8H,7H2,1H3. The predicted molar refractivity (Wildman–Crippen MR) is 80.9 cm³/mol. The van der Waals surface area contributed by atoms with Gasteiger partial charge in [-0.05, 0) is 17.7 Å². The van der Waals surface area contributed by atoms with Crippen LogP contribution in [0, 0.1) is 10.1 Å². The predicted octanol–water partition coefficient (Wildman–Crippen LogP) is 3.11. The van der Waals surface area contributed by atoms with Gasteiger partial charge in [0.05, 0.1) is 16.8 Å². The van der Waals surface area contributed by atoms with Gasteiger partial charge < -0.3 is 9.30 Å². The van der Waals surface area contributed by atoms with Crippen molar-refractivity contribution in [2.24, 2.45) is 7.05 Å². The number of nitro groups is 1. The summed E-state index contributed by atoms with van der Waals surface area (Å²) in [6.45, 7) is 0.140. The summed E-state index contributed by atoms with van der Waals surface area (Å²) in [5.41, 5.74) is 2.03. The van der Waals surface area contributed by atoms with Crippen LogP contribution < -0.4 is 4.74 Å². The van der Waals surface area contributed by atoms with Crippen molar-refractivity contribution in [1.29, 1.82) is 0 Å². The van der Waals surface area contributed by atoms with Crippen molar-refractivity contribution in [2.75, 3.05) is 0 Å². The van der Waals surface area contributed by atoms with Crippen molar-refractivity contribution in [1.82, 2.24) is 14.5 Å². The third-order valence-electron chi connectivity index (χ3n) is 3.19. The lowest BCUT2D eigenvalue weighted by molar-refractivity contribution is -0.384. The first-order valence-electron chi connectivity index (χ1n) is 6.38. The zero-order valence-electron chi connectivity index (χ0n) is 11.6. The summed E-state index contributed by atoms with van der Waals surface area (Å²) in [6.07, 6.45) is 3.30. The Morgan fingerprint density at radius 2 is 2.18 bits per heavy atom. The van der Waals surface area contributed by atoms with E-state index in [9.17, 15) is 10.1 Å². The first-order chi connectivity index (χ1) is 10.6. The Morgan fingerprint density at radius 3 is 2.95 bits per heavy atom. The van der Waals surface area contributed by atoms with Gasteiger partial charge in [-0.1, -0.05) is 17.7 Å². The van der Waals surface area contributed by atoms with Gasteiger partial charge in [0.15, 0.2) is 5.52 Å². The summed E-state index contributed by atoms with van der Waals surface area (Å²) in [7, 11) is 1.88. The zero-order valence-corrected chi connectivity index (χ0v) is 12.3. The molecule has 0 amide bonds. The molecule has 0 saturated carbocycles. The summed E-state index contributed by atoms with van der Waals surface area (Å²) in [4.78, 5) is 18.7. The van der Waals surface area contributed by atoms with Crippen LogP contribution in [0.5, 0.6) is 5.88 Å². The van der Waals surface area contributed by atoms with E-state index in [0.717, 1.165) is 5.52 Å². The molecule has 0 aliphatic rings. The number of hydrogen-bond acceptors (Lipinski definition) is 5.